The number of aliphatic hydroxyl groups excluding tert-OH is 1. The Bertz CT molecular complexity index is 1140. The molecular weight excluding hydrogens is 587 g/mol. The third-order valence-corrected chi connectivity index (χ3v) is 14.7. The summed E-state index contributed by atoms with van der Waals surface area (Å²) in [7, 11) is -2.22. The zero-order chi connectivity index (χ0) is 33.7. The molecule has 0 radical (unpaired) electrons. The third kappa shape index (κ3) is 11.3. The standard InChI is InChI=1S/C36H59NO5SSi/c1-13-19-25(7)34(39)27(9)35(40)36(11,12)32(42-44(16-4,17-5)18-6)23-33(38)41-31(21-20-29(14-2)15-3)26(8)22-30-24-43-28(10)37-30/h13-14,20,22,24-25,27,31-32,34,39H,1-2,15-19,21,23H2,3-12H3/b26-22+,29-20+/t25-,27+,31-,32-,34-/m0/s1. The minimum atomic E-state index is -2.22. The molecule has 44 heavy (non-hydrogen) atoms. The van der Waals surface area contributed by atoms with Gasteiger partial charge in [-0.3, -0.25) is 9.59 Å². The highest BCUT2D eigenvalue weighted by Gasteiger charge is 2.46. The zero-order valence-electron chi connectivity index (χ0n) is 29.1. The lowest BCUT2D eigenvalue weighted by Crippen LogP contribution is -2.51. The Balaban J connectivity index is 3.45. The van der Waals surface area contributed by atoms with Gasteiger partial charge in [-0.05, 0) is 62.4 Å². The highest BCUT2D eigenvalue weighted by atomic mass is 32.1. The minimum absolute atomic E-state index is 0.0517. The molecule has 248 valence electrons. The van der Waals surface area contributed by atoms with E-state index in [0.717, 1.165) is 46.4 Å². The van der Waals surface area contributed by atoms with Crippen molar-refractivity contribution >= 4 is 37.5 Å². The number of Topliss-reactive ketones (excluding diaryl/α,β-unsaturated/α-hetero) is 1. The van der Waals surface area contributed by atoms with E-state index in [1.165, 1.54) is 0 Å². The summed E-state index contributed by atoms with van der Waals surface area (Å²) in [4.78, 5) is 32.4. The Morgan fingerprint density at radius 3 is 2.20 bits per heavy atom. The Morgan fingerprint density at radius 2 is 1.73 bits per heavy atom. The molecule has 0 aliphatic heterocycles. The smallest absolute Gasteiger partial charge is 0.309 e. The van der Waals surface area contributed by atoms with Crippen LogP contribution in [0.1, 0.15) is 98.7 Å². The Labute approximate surface area is 272 Å². The van der Waals surface area contributed by atoms with E-state index in [1.54, 1.807) is 24.3 Å². The lowest BCUT2D eigenvalue weighted by Gasteiger charge is -2.42. The molecule has 0 amide bonds. The highest BCUT2D eigenvalue weighted by molar-refractivity contribution is 7.09. The van der Waals surface area contributed by atoms with Crippen molar-refractivity contribution in [3.8, 4) is 0 Å². The molecule has 1 aromatic heterocycles. The van der Waals surface area contributed by atoms with Crippen molar-refractivity contribution in [1.82, 2.24) is 4.98 Å². The van der Waals surface area contributed by atoms with Gasteiger partial charge in [-0.2, -0.15) is 0 Å². The van der Waals surface area contributed by atoms with Crippen molar-refractivity contribution in [3.63, 3.8) is 0 Å². The van der Waals surface area contributed by atoms with Gasteiger partial charge in [0.1, 0.15) is 11.9 Å². The number of aliphatic hydroxyl groups is 1. The molecule has 0 fully saturated rings. The van der Waals surface area contributed by atoms with E-state index in [-0.39, 0.29) is 18.1 Å². The first-order valence-corrected chi connectivity index (χ1v) is 19.7. The fourth-order valence-corrected chi connectivity index (χ4v) is 9.18. The fourth-order valence-electron chi connectivity index (χ4n) is 5.63. The molecule has 0 saturated carbocycles. The number of carbonyl (C=O) groups excluding carboxylic acids is 2. The summed E-state index contributed by atoms with van der Waals surface area (Å²) < 4.78 is 13.1. The highest BCUT2D eigenvalue weighted by Crippen LogP contribution is 2.37. The van der Waals surface area contributed by atoms with E-state index in [4.69, 9.17) is 9.16 Å². The van der Waals surface area contributed by atoms with Crippen LogP contribution in [-0.2, 0) is 18.8 Å². The molecule has 0 aliphatic carbocycles. The topological polar surface area (TPSA) is 85.7 Å². The van der Waals surface area contributed by atoms with Gasteiger partial charge in [0.05, 0.1) is 29.3 Å². The largest absolute Gasteiger partial charge is 0.457 e. The molecule has 1 rings (SSSR count). The fraction of sp³-hybridized carbons (Fsp3) is 0.639. The van der Waals surface area contributed by atoms with Crippen LogP contribution in [0.3, 0.4) is 0 Å². The summed E-state index contributed by atoms with van der Waals surface area (Å²) in [6.45, 7) is 27.5. The first kappa shape index (κ1) is 39.9. The number of aryl methyl sites for hydroxylation is 1. The van der Waals surface area contributed by atoms with E-state index in [2.05, 4.69) is 51.9 Å². The molecule has 6 nitrogen and oxygen atoms in total. The number of nitrogens with zero attached hydrogens (tertiary/aromatic N) is 1. The van der Waals surface area contributed by atoms with Gasteiger partial charge < -0.3 is 14.3 Å². The summed E-state index contributed by atoms with van der Waals surface area (Å²) in [5, 5.41) is 14.0. The Hall–Kier alpha value is -2.13. The number of carbonyl (C=O) groups is 2. The van der Waals surface area contributed by atoms with Crippen LogP contribution in [-0.4, -0.2) is 48.5 Å². The number of hydrogen-bond donors (Lipinski definition) is 1. The number of ether oxygens (including phenoxy) is 1. The lowest BCUT2D eigenvalue weighted by molar-refractivity contribution is -0.153. The van der Waals surface area contributed by atoms with Crippen LogP contribution in [0.15, 0.2) is 47.9 Å². The average molecular weight is 646 g/mol. The maximum Gasteiger partial charge on any atom is 0.309 e. The summed E-state index contributed by atoms with van der Waals surface area (Å²) >= 11 is 1.58. The molecule has 0 spiro atoms. The van der Waals surface area contributed by atoms with Gasteiger partial charge in [0.2, 0.25) is 0 Å². The van der Waals surface area contributed by atoms with E-state index >= 15 is 0 Å². The van der Waals surface area contributed by atoms with Crippen molar-refractivity contribution < 1.29 is 23.9 Å². The molecule has 1 aromatic rings. The molecular formula is C36H59NO5SSi. The number of aromatic nitrogens is 1. The van der Waals surface area contributed by atoms with Gasteiger partial charge in [-0.1, -0.05) is 85.8 Å². The molecule has 0 unspecified atom stereocenters. The molecule has 0 saturated heterocycles. The van der Waals surface area contributed by atoms with Gasteiger partial charge in [0.15, 0.2) is 8.32 Å². The Morgan fingerprint density at radius 1 is 1.11 bits per heavy atom. The van der Waals surface area contributed by atoms with Crippen LogP contribution in [0.2, 0.25) is 18.1 Å². The molecule has 5 atom stereocenters. The van der Waals surface area contributed by atoms with E-state index in [9.17, 15) is 14.7 Å². The summed E-state index contributed by atoms with van der Waals surface area (Å²) in [5.41, 5.74) is 1.78. The van der Waals surface area contributed by atoms with Crippen LogP contribution in [0.4, 0.5) is 0 Å². The van der Waals surface area contributed by atoms with Crippen molar-refractivity contribution in [2.24, 2.45) is 17.3 Å². The third-order valence-electron chi connectivity index (χ3n) is 9.22. The maximum absolute atomic E-state index is 14.0. The predicted octanol–water partition coefficient (Wildman–Crippen LogP) is 9.26. The van der Waals surface area contributed by atoms with Gasteiger partial charge in [-0.25, -0.2) is 4.98 Å². The van der Waals surface area contributed by atoms with Crippen molar-refractivity contribution in [3.05, 3.63) is 58.6 Å². The molecule has 1 N–H and O–H groups in total. The van der Waals surface area contributed by atoms with E-state index in [1.807, 2.05) is 52.2 Å². The number of thiazole rings is 1. The van der Waals surface area contributed by atoms with Crippen LogP contribution in [0.5, 0.6) is 0 Å². The lowest BCUT2D eigenvalue weighted by atomic mass is 9.73. The number of allylic oxidation sites excluding steroid dienone is 3. The maximum atomic E-state index is 14.0. The molecule has 0 aliphatic rings. The van der Waals surface area contributed by atoms with Crippen LogP contribution >= 0.6 is 11.3 Å². The van der Waals surface area contributed by atoms with E-state index in [0.29, 0.717) is 12.8 Å². The van der Waals surface area contributed by atoms with Gasteiger partial charge in [-0.15, -0.1) is 17.9 Å². The quantitative estimate of drug-likeness (QED) is 0.0621. The molecule has 0 aromatic carbocycles. The van der Waals surface area contributed by atoms with Gasteiger partial charge >= 0.3 is 5.97 Å². The average Bonchev–Trinajstić information content (AvgIpc) is 3.41. The van der Waals surface area contributed by atoms with Crippen molar-refractivity contribution in [2.45, 2.75) is 131 Å². The van der Waals surface area contributed by atoms with Crippen LogP contribution in [0, 0.1) is 24.2 Å². The summed E-state index contributed by atoms with van der Waals surface area (Å²) in [5.74, 6) is -1.26. The van der Waals surface area contributed by atoms with Crippen molar-refractivity contribution in [2.75, 3.05) is 0 Å². The molecule has 0 bridgehead atoms. The van der Waals surface area contributed by atoms with Crippen LogP contribution in [0.25, 0.3) is 6.08 Å². The molecule has 1 heterocycles. The Kier molecular flexibility index (Phi) is 17.0. The molecule has 8 heteroatoms. The first-order valence-electron chi connectivity index (χ1n) is 16.3. The minimum Gasteiger partial charge on any atom is -0.457 e. The second kappa shape index (κ2) is 18.7. The summed E-state index contributed by atoms with van der Waals surface area (Å²) in [6.07, 6.45) is 7.50. The second-order valence-corrected chi connectivity index (χ2v) is 18.4. The summed E-state index contributed by atoms with van der Waals surface area (Å²) in [6, 6.07) is 2.65. The second-order valence-electron chi connectivity index (χ2n) is 12.7. The monoisotopic (exact) mass is 645 g/mol. The first-order chi connectivity index (χ1) is 20.6. The normalized spacial score (nSPS) is 16.5. The SMILES string of the molecule is C=CC[C@H](C)[C@H](O)[C@@H](C)C(=O)C(C)(C)[C@H](CC(=O)O[C@@H](C/C=C(\C=C)CC)/C(C)=C/c1csc(C)n1)O[Si](CC)(CC)CC. The zero-order valence-corrected chi connectivity index (χ0v) is 30.9. The van der Waals surface area contributed by atoms with Gasteiger partial charge in [0.25, 0.3) is 0 Å². The van der Waals surface area contributed by atoms with Gasteiger partial charge in [0, 0.05) is 23.1 Å². The number of hydrogen-bond acceptors (Lipinski definition) is 7. The number of ketones is 1. The predicted molar refractivity (Wildman–Crippen MR) is 188 cm³/mol. The van der Waals surface area contributed by atoms with Crippen molar-refractivity contribution in [1.29, 1.82) is 0 Å². The number of rotatable bonds is 21. The van der Waals surface area contributed by atoms with Crippen LogP contribution < -0.4 is 0 Å². The number of esters is 1. The van der Waals surface area contributed by atoms with E-state index < -0.39 is 43.9 Å².